The van der Waals surface area contributed by atoms with Crippen LogP contribution in [0.2, 0.25) is 5.02 Å². The SMILES string of the molecule is CC(C)C(=O)Nc1ccc(Cl)c(C(=O)NCCc2nc(C(=O)O)cs2)c1. The maximum absolute atomic E-state index is 12.3. The van der Waals surface area contributed by atoms with Gasteiger partial charge in [0.1, 0.15) is 0 Å². The molecular weight excluding hydrogens is 378 g/mol. The van der Waals surface area contributed by atoms with Crippen molar-refractivity contribution in [3.63, 3.8) is 0 Å². The van der Waals surface area contributed by atoms with E-state index in [1.165, 1.54) is 22.8 Å². The van der Waals surface area contributed by atoms with Crippen molar-refractivity contribution in [2.45, 2.75) is 20.3 Å². The number of nitrogens with one attached hydrogen (secondary N) is 2. The lowest BCUT2D eigenvalue weighted by molar-refractivity contribution is -0.118. The fraction of sp³-hybridized carbons (Fsp3) is 0.294. The predicted molar refractivity (Wildman–Crippen MR) is 100 cm³/mol. The van der Waals surface area contributed by atoms with Gasteiger partial charge >= 0.3 is 5.97 Å². The summed E-state index contributed by atoms with van der Waals surface area (Å²) in [7, 11) is 0. The van der Waals surface area contributed by atoms with Crippen molar-refractivity contribution in [2.75, 3.05) is 11.9 Å². The molecule has 26 heavy (non-hydrogen) atoms. The molecular formula is C17H18ClN3O4S. The van der Waals surface area contributed by atoms with Crippen LogP contribution in [0.4, 0.5) is 5.69 Å². The number of hydrogen-bond acceptors (Lipinski definition) is 5. The Morgan fingerprint density at radius 3 is 2.65 bits per heavy atom. The molecule has 3 N–H and O–H groups in total. The van der Waals surface area contributed by atoms with Crippen LogP contribution in [0, 0.1) is 5.92 Å². The summed E-state index contributed by atoms with van der Waals surface area (Å²) in [5.41, 5.74) is 0.732. The van der Waals surface area contributed by atoms with Gasteiger partial charge in [0.2, 0.25) is 5.91 Å². The molecule has 1 aromatic heterocycles. The third-order valence-corrected chi connectivity index (χ3v) is 4.64. The smallest absolute Gasteiger partial charge is 0.355 e. The standard InChI is InChI=1S/C17H18ClN3O4S/c1-9(2)15(22)20-10-3-4-12(18)11(7-10)16(23)19-6-5-14-21-13(8-26-14)17(24)25/h3-4,7-9H,5-6H2,1-2H3,(H,19,23)(H,20,22)(H,24,25). The van der Waals surface area contributed by atoms with Gasteiger partial charge in [-0.05, 0) is 18.2 Å². The van der Waals surface area contributed by atoms with E-state index in [1.807, 2.05) is 0 Å². The zero-order chi connectivity index (χ0) is 19.3. The molecule has 0 fully saturated rings. The molecule has 2 amide bonds. The lowest BCUT2D eigenvalue weighted by Crippen LogP contribution is -2.26. The molecule has 0 aliphatic rings. The van der Waals surface area contributed by atoms with Crippen molar-refractivity contribution < 1.29 is 19.5 Å². The van der Waals surface area contributed by atoms with Crippen molar-refractivity contribution in [1.29, 1.82) is 0 Å². The highest BCUT2D eigenvalue weighted by Gasteiger charge is 2.14. The summed E-state index contributed by atoms with van der Waals surface area (Å²) in [6, 6.07) is 4.69. The number of amides is 2. The van der Waals surface area contributed by atoms with Crippen LogP contribution in [0.25, 0.3) is 0 Å². The van der Waals surface area contributed by atoms with Crippen LogP contribution in [0.15, 0.2) is 23.6 Å². The number of rotatable bonds is 7. The monoisotopic (exact) mass is 395 g/mol. The van der Waals surface area contributed by atoms with Crippen LogP contribution < -0.4 is 10.6 Å². The van der Waals surface area contributed by atoms with Crippen molar-refractivity contribution in [3.05, 3.63) is 44.9 Å². The Bertz CT molecular complexity index is 835. The first-order valence-electron chi connectivity index (χ1n) is 7.84. The van der Waals surface area contributed by atoms with Crippen LogP contribution in [0.5, 0.6) is 0 Å². The second kappa shape index (κ2) is 8.77. The topological polar surface area (TPSA) is 108 Å². The van der Waals surface area contributed by atoms with E-state index in [1.54, 1.807) is 26.0 Å². The molecule has 0 radical (unpaired) electrons. The third-order valence-electron chi connectivity index (χ3n) is 3.40. The molecule has 0 unspecified atom stereocenters. The summed E-state index contributed by atoms with van der Waals surface area (Å²) in [6.07, 6.45) is 0.408. The molecule has 0 aliphatic heterocycles. The minimum absolute atomic E-state index is 0.00651. The fourth-order valence-electron chi connectivity index (χ4n) is 1.97. The van der Waals surface area contributed by atoms with E-state index in [4.69, 9.17) is 16.7 Å². The first-order chi connectivity index (χ1) is 12.3. The first-order valence-corrected chi connectivity index (χ1v) is 9.10. The number of carboxylic acid groups (broad SMARTS) is 1. The van der Waals surface area contributed by atoms with Gasteiger partial charge in [0, 0.05) is 30.0 Å². The van der Waals surface area contributed by atoms with Gasteiger partial charge in [0.15, 0.2) is 5.69 Å². The van der Waals surface area contributed by atoms with Gasteiger partial charge < -0.3 is 15.7 Å². The predicted octanol–water partition coefficient (Wildman–Crippen LogP) is 3.06. The minimum Gasteiger partial charge on any atom is -0.476 e. The number of carboxylic acids is 1. The molecule has 138 valence electrons. The van der Waals surface area contributed by atoms with E-state index in [9.17, 15) is 14.4 Å². The first kappa shape index (κ1) is 19.9. The molecule has 2 rings (SSSR count). The molecule has 2 aromatic rings. The van der Waals surface area contributed by atoms with Crippen LogP contribution >= 0.6 is 22.9 Å². The fourth-order valence-corrected chi connectivity index (χ4v) is 2.94. The Kier molecular flexibility index (Phi) is 6.70. The Morgan fingerprint density at radius 1 is 1.31 bits per heavy atom. The molecule has 1 heterocycles. The Labute approximate surface area is 159 Å². The summed E-state index contributed by atoms with van der Waals surface area (Å²) < 4.78 is 0. The Balaban J connectivity index is 1.97. The van der Waals surface area contributed by atoms with E-state index in [2.05, 4.69) is 15.6 Å². The van der Waals surface area contributed by atoms with Crippen LogP contribution in [0.1, 0.15) is 39.7 Å². The number of carbonyl (C=O) groups excluding carboxylic acids is 2. The van der Waals surface area contributed by atoms with E-state index < -0.39 is 5.97 Å². The number of hydrogen-bond donors (Lipinski definition) is 3. The molecule has 0 aliphatic carbocycles. The molecule has 0 spiro atoms. The van der Waals surface area contributed by atoms with Gasteiger partial charge in [-0.2, -0.15) is 0 Å². The van der Waals surface area contributed by atoms with Gasteiger partial charge in [-0.1, -0.05) is 25.4 Å². The molecule has 9 heteroatoms. The molecule has 0 saturated heterocycles. The summed E-state index contributed by atoms with van der Waals surface area (Å²) in [4.78, 5) is 38.8. The van der Waals surface area contributed by atoms with E-state index in [0.29, 0.717) is 17.1 Å². The molecule has 1 aromatic carbocycles. The van der Waals surface area contributed by atoms with Gasteiger partial charge in [0.25, 0.3) is 5.91 Å². The minimum atomic E-state index is -1.08. The highest BCUT2D eigenvalue weighted by atomic mass is 35.5. The third kappa shape index (κ3) is 5.27. The number of aromatic nitrogens is 1. The second-order valence-corrected chi connectivity index (χ2v) is 7.13. The maximum Gasteiger partial charge on any atom is 0.355 e. The van der Waals surface area contributed by atoms with Gasteiger partial charge in [-0.3, -0.25) is 9.59 Å². The Hall–Kier alpha value is -2.45. The Morgan fingerprint density at radius 2 is 2.04 bits per heavy atom. The number of thiazole rings is 1. The summed E-state index contributed by atoms with van der Waals surface area (Å²) in [5, 5.41) is 16.6. The number of benzene rings is 1. The van der Waals surface area contributed by atoms with Gasteiger partial charge in [0.05, 0.1) is 15.6 Å². The molecule has 0 bridgehead atoms. The molecule has 0 saturated carbocycles. The van der Waals surface area contributed by atoms with Crippen molar-refractivity contribution in [3.8, 4) is 0 Å². The molecule has 7 nitrogen and oxygen atoms in total. The number of carbonyl (C=O) groups is 3. The molecule has 0 atom stereocenters. The lowest BCUT2D eigenvalue weighted by atomic mass is 10.1. The largest absolute Gasteiger partial charge is 0.476 e. The van der Waals surface area contributed by atoms with Crippen LogP contribution in [-0.2, 0) is 11.2 Å². The van der Waals surface area contributed by atoms with Crippen molar-refractivity contribution in [1.82, 2.24) is 10.3 Å². The highest BCUT2D eigenvalue weighted by Crippen LogP contribution is 2.21. The average Bonchev–Trinajstić information content (AvgIpc) is 3.05. The zero-order valence-electron chi connectivity index (χ0n) is 14.2. The van der Waals surface area contributed by atoms with Crippen molar-refractivity contribution >= 4 is 46.4 Å². The van der Waals surface area contributed by atoms with Crippen molar-refractivity contribution in [2.24, 2.45) is 5.92 Å². The van der Waals surface area contributed by atoms with Crippen LogP contribution in [0.3, 0.4) is 0 Å². The number of anilines is 1. The summed E-state index contributed by atoms with van der Waals surface area (Å²) in [5.74, 6) is -1.80. The van der Waals surface area contributed by atoms with Crippen LogP contribution in [-0.4, -0.2) is 34.4 Å². The van der Waals surface area contributed by atoms with Gasteiger partial charge in [-0.25, -0.2) is 9.78 Å². The zero-order valence-corrected chi connectivity index (χ0v) is 15.8. The number of aromatic carboxylic acids is 1. The van der Waals surface area contributed by atoms with E-state index in [0.717, 1.165) is 0 Å². The number of nitrogens with zero attached hydrogens (tertiary/aromatic N) is 1. The normalized spacial score (nSPS) is 10.6. The number of halogens is 1. The second-order valence-electron chi connectivity index (χ2n) is 5.78. The highest BCUT2D eigenvalue weighted by molar-refractivity contribution is 7.09. The van der Waals surface area contributed by atoms with Gasteiger partial charge in [-0.15, -0.1) is 11.3 Å². The maximum atomic E-state index is 12.3. The average molecular weight is 396 g/mol. The summed E-state index contributed by atoms with van der Waals surface area (Å²) >= 11 is 7.30. The summed E-state index contributed by atoms with van der Waals surface area (Å²) in [6.45, 7) is 3.82. The quantitative estimate of drug-likeness (QED) is 0.667. The van der Waals surface area contributed by atoms with E-state index >= 15 is 0 Å². The van der Waals surface area contributed by atoms with E-state index in [-0.39, 0.29) is 40.6 Å². The lowest BCUT2D eigenvalue weighted by Gasteiger charge is -2.11.